The summed E-state index contributed by atoms with van der Waals surface area (Å²) in [6.07, 6.45) is 0. The quantitative estimate of drug-likeness (QED) is 0.830. The molecule has 2 aromatic carbocycles. The van der Waals surface area contributed by atoms with Crippen molar-refractivity contribution in [2.24, 2.45) is 0 Å². The van der Waals surface area contributed by atoms with Gasteiger partial charge in [0.2, 0.25) is 0 Å². The Hall–Kier alpha value is -2.08. The molecule has 2 aromatic rings. The van der Waals surface area contributed by atoms with Crippen LogP contribution < -0.4 is 4.90 Å². The molecule has 0 unspecified atom stereocenters. The number of benzene rings is 2. The van der Waals surface area contributed by atoms with Crippen LogP contribution in [-0.4, -0.2) is 24.7 Å². The number of hydrogen-bond acceptors (Lipinski definition) is 1. The molecular formula is C20H24NO+. The smallest absolute Gasteiger partial charge is 0.177 e. The van der Waals surface area contributed by atoms with Crippen LogP contribution in [0.25, 0.3) is 0 Å². The van der Waals surface area contributed by atoms with Crippen molar-refractivity contribution >= 4 is 0 Å². The van der Waals surface area contributed by atoms with Crippen LogP contribution in [0, 0.1) is 11.8 Å². The molecule has 2 heteroatoms. The fourth-order valence-electron chi connectivity index (χ4n) is 2.04. The standard InChI is InChI=1S/C20H23NO/c1-19(2,21(3)4)15-16-20(22,17-11-7-5-8-12-17)18-13-9-6-10-14-18/h5-14,22H,1-4H3/p+1. The van der Waals surface area contributed by atoms with E-state index in [9.17, 15) is 5.11 Å². The lowest BCUT2D eigenvalue weighted by atomic mass is 9.86. The maximum atomic E-state index is 11.3. The van der Waals surface area contributed by atoms with Crippen molar-refractivity contribution in [1.82, 2.24) is 0 Å². The van der Waals surface area contributed by atoms with Crippen molar-refractivity contribution in [2.45, 2.75) is 25.0 Å². The molecule has 22 heavy (non-hydrogen) atoms. The van der Waals surface area contributed by atoms with Gasteiger partial charge in [-0.05, 0) is 5.92 Å². The Balaban J connectivity index is 2.56. The predicted molar refractivity (Wildman–Crippen MR) is 90.5 cm³/mol. The fourth-order valence-corrected chi connectivity index (χ4v) is 2.04. The number of rotatable bonds is 3. The molecule has 0 saturated heterocycles. The zero-order valence-corrected chi connectivity index (χ0v) is 13.7. The first-order chi connectivity index (χ1) is 10.4. The van der Waals surface area contributed by atoms with E-state index >= 15 is 0 Å². The van der Waals surface area contributed by atoms with Crippen LogP contribution >= 0.6 is 0 Å². The summed E-state index contributed by atoms with van der Waals surface area (Å²) in [4.78, 5) is 1.23. The molecule has 0 bridgehead atoms. The van der Waals surface area contributed by atoms with Gasteiger partial charge < -0.3 is 10.0 Å². The van der Waals surface area contributed by atoms with Gasteiger partial charge in [-0.1, -0.05) is 66.6 Å². The summed E-state index contributed by atoms with van der Waals surface area (Å²) in [6, 6.07) is 19.2. The summed E-state index contributed by atoms with van der Waals surface area (Å²) >= 11 is 0. The second kappa shape index (κ2) is 6.36. The van der Waals surface area contributed by atoms with Crippen molar-refractivity contribution in [3.63, 3.8) is 0 Å². The van der Waals surface area contributed by atoms with Crippen molar-refractivity contribution < 1.29 is 10.0 Å². The van der Waals surface area contributed by atoms with E-state index < -0.39 is 5.60 Å². The third kappa shape index (κ3) is 3.39. The van der Waals surface area contributed by atoms with Crippen LogP contribution in [0.4, 0.5) is 0 Å². The van der Waals surface area contributed by atoms with Gasteiger partial charge in [0.15, 0.2) is 11.1 Å². The Morgan fingerprint density at radius 2 is 1.18 bits per heavy atom. The Morgan fingerprint density at radius 3 is 1.55 bits per heavy atom. The van der Waals surface area contributed by atoms with Crippen LogP contribution in [0.5, 0.6) is 0 Å². The van der Waals surface area contributed by atoms with E-state index in [-0.39, 0.29) is 5.54 Å². The SMILES string of the molecule is C[NH+](C)C(C)(C)C#CC(O)(c1ccccc1)c1ccccc1. The number of nitrogens with one attached hydrogen (secondary N) is 1. The third-order valence-corrected chi connectivity index (χ3v) is 4.19. The number of quaternary nitrogens is 1. The lowest BCUT2D eigenvalue weighted by Crippen LogP contribution is -3.13. The minimum atomic E-state index is -1.30. The molecule has 114 valence electrons. The van der Waals surface area contributed by atoms with E-state index in [4.69, 9.17) is 0 Å². The normalized spacial score (nSPS) is 11.9. The highest BCUT2D eigenvalue weighted by atomic mass is 16.3. The molecule has 0 aliphatic heterocycles. The highest BCUT2D eigenvalue weighted by Gasteiger charge is 2.31. The largest absolute Gasteiger partial charge is 0.369 e. The number of aliphatic hydroxyl groups is 1. The molecule has 2 rings (SSSR count). The van der Waals surface area contributed by atoms with Gasteiger partial charge >= 0.3 is 0 Å². The Bertz CT molecular complexity index is 624. The second-order valence-corrected chi connectivity index (χ2v) is 6.32. The Morgan fingerprint density at radius 1 is 0.773 bits per heavy atom. The minimum Gasteiger partial charge on any atom is -0.369 e. The van der Waals surface area contributed by atoms with Gasteiger partial charge in [0, 0.05) is 25.0 Å². The van der Waals surface area contributed by atoms with E-state index in [2.05, 4.69) is 39.8 Å². The van der Waals surface area contributed by atoms with Crippen LogP contribution in [-0.2, 0) is 5.60 Å². The molecule has 0 aliphatic rings. The summed E-state index contributed by atoms with van der Waals surface area (Å²) in [7, 11) is 4.14. The molecule has 0 heterocycles. The summed E-state index contributed by atoms with van der Waals surface area (Å²) < 4.78 is 0. The average Bonchev–Trinajstić information content (AvgIpc) is 2.54. The fraction of sp³-hybridized carbons (Fsp3) is 0.300. The van der Waals surface area contributed by atoms with Gasteiger partial charge in [-0.2, -0.15) is 0 Å². The average molecular weight is 294 g/mol. The van der Waals surface area contributed by atoms with Crippen molar-refractivity contribution in [1.29, 1.82) is 0 Å². The molecular weight excluding hydrogens is 270 g/mol. The van der Waals surface area contributed by atoms with Crippen LogP contribution in [0.1, 0.15) is 25.0 Å². The van der Waals surface area contributed by atoms with Crippen molar-refractivity contribution in [3.8, 4) is 11.8 Å². The van der Waals surface area contributed by atoms with Gasteiger partial charge in [0.25, 0.3) is 0 Å². The first-order valence-electron chi connectivity index (χ1n) is 7.54. The zero-order valence-electron chi connectivity index (χ0n) is 13.7. The molecule has 0 fully saturated rings. The van der Waals surface area contributed by atoms with Gasteiger partial charge in [0.1, 0.15) is 0 Å². The predicted octanol–water partition coefficient (Wildman–Crippen LogP) is 1.85. The molecule has 2 nitrogen and oxygen atoms in total. The van der Waals surface area contributed by atoms with Gasteiger partial charge in [-0.15, -0.1) is 0 Å². The van der Waals surface area contributed by atoms with E-state index in [1.807, 2.05) is 60.7 Å². The van der Waals surface area contributed by atoms with E-state index in [0.717, 1.165) is 11.1 Å². The lowest BCUT2D eigenvalue weighted by Gasteiger charge is -2.26. The summed E-state index contributed by atoms with van der Waals surface area (Å²) in [6.45, 7) is 4.15. The van der Waals surface area contributed by atoms with Gasteiger partial charge in [0.05, 0.1) is 14.1 Å². The van der Waals surface area contributed by atoms with Crippen molar-refractivity contribution in [3.05, 3.63) is 71.8 Å². The van der Waals surface area contributed by atoms with Crippen molar-refractivity contribution in [2.75, 3.05) is 14.1 Å². The maximum absolute atomic E-state index is 11.3. The van der Waals surface area contributed by atoms with Gasteiger partial charge in [-0.3, -0.25) is 0 Å². The third-order valence-electron chi connectivity index (χ3n) is 4.19. The summed E-state index contributed by atoms with van der Waals surface area (Å²) in [5.41, 5.74) is 0.0452. The van der Waals surface area contributed by atoms with Crippen LogP contribution in [0.3, 0.4) is 0 Å². The molecule has 0 aromatic heterocycles. The molecule has 0 spiro atoms. The Labute approximate surface area is 133 Å². The highest BCUT2D eigenvalue weighted by molar-refractivity contribution is 5.44. The zero-order chi connectivity index (χ0) is 16.2. The molecule has 0 aliphatic carbocycles. The van der Waals surface area contributed by atoms with Gasteiger partial charge in [-0.25, -0.2) is 0 Å². The monoisotopic (exact) mass is 294 g/mol. The van der Waals surface area contributed by atoms with Crippen LogP contribution in [0.15, 0.2) is 60.7 Å². The molecule has 0 saturated carbocycles. The molecule has 0 radical (unpaired) electrons. The number of hydrogen-bond donors (Lipinski definition) is 2. The summed E-state index contributed by atoms with van der Waals surface area (Å²) in [5, 5.41) is 11.3. The minimum absolute atomic E-state index is 0.239. The Kier molecular flexibility index (Phi) is 4.71. The van der Waals surface area contributed by atoms with E-state index in [1.165, 1.54) is 4.90 Å². The van der Waals surface area contributed by atoms with E-state index in [1.54, 1.807) is 0 Å². The first kappa shape index (κ1) is 16.3. The van der Waals surface area contributed by atoms with Crippen LogP contribution in [0.2, 0.25) is 0 Å². The second-order valence-electron chi connectivity index (χ2n) is 6.32. The topological polar surface area (TPSA) is 24.7 Å². The summed E-state index contributed by atoms with van der Waals surface area (Å²) in [5.74, 6) is 6.39. The molecule has 2 N–H and O–H groups in total. The van der Waals surface area contributed by atoms with E-state index in [0.29, 0.717) is 0 Å². The molecule has 0 atom stereocenters. The highest BCUT2D eigenvalue weighted by Crippen LogP contribution is 2.28. The lowest BCUT2D eigenvalue weighted by molar-refractivity contribution is -0.900. The molecule has 0 amide bonds. The first-order valence-corrected chi connectivity index (χ1v) is 7.54. The maximum Gasteiger partial charge on any atom is 0.177 e.